The first-order chi connectivity index (χ1) is 12.2. The van der Waals surface area contributed by atoms with Crippen LogP contribution < -0.4 is 0 Å². The van der Waals surface area contributed by atoms with Crippen molar-refractivity contribution in [3.8, 4) is 0 Å². The van der Waals surface area contributed by atoms with Crippen LogP contribution >= 0.6 is 0 Å². The van der Waals surface area contributed by atoms with Crippen LogP contribution in [0.3, 0.4) is 0 Å². The molecule has 0 aliphatic carbocycles. The van der Waals surface area contributed by atoms with Crippen molar-refractivity contribution in [3.63, 3.8) is 0 Å². The van der Waals surface area contributed by atoms with E-state index in [4.69, 9.17) is 19.0 Å². The lowest BCUT2D eigenvalue weighted by Gasteiger charge is -2.21. The summed E-state index contributed by atoms with van der Waals surface area (Å²) in [6, 6.07) is 13.9. The van der Waals surface area contributed by atoms with Crippen LogP contribution in [0.4, 0.5) is 0 Å². The van der Waals surface area contributed by atoms with E-state index < -0.39 is 6.10 Å². The van der Waals surface area contributed by atoms with Crippen molar-refractivity contribution in [1.29, 1.82) is 0 Å². The molecule has 0 saturated carbocycles. The van der Waals surface area contributed by atoms with Gasteiger partial charge in [-0.05, 0) is 24.1 Å². The van der Waals surface area contributed by atoms with Gasteiger partial charge in [-0.3, -0.25) is 0 Å². The third kappa shape index (κ3) is 5.41. The zero-order valence-corrected chi connectivity index (χ0v) is 14.3. The SMILES string of the molecule is OC[C@H](O)C[C@H]1OC(CCc2ccco2)C[C@H]1OCc1ccccc1. The summed E-state index contributed by atoms with van der Waals surface area (Å²) in [6.45, 7) is 0.258. The van der Waals surface area contributed by atoms with E-state index in [-0.39, 0.29) is 24.9 Å². The Morgan fingerprint density at radius 1 is 1.16 bits per heavy atom. The topological polar surface area (TPSA) is 72.1 Å². The number of aliphatic hydroxyl groups excluding tert-OH is 2. The van der Waals surface area contributed by atoms with E-state index in [9.17, 15) is 5.11 Å². The van der Waals surface area contributed by atoms with Gasteiger partial charge in [0.2, 0.25) is 0 Å². The van der Waals surface area contributed by atoms with Crippen LogP contribution in [-0.4, -0.2) is 41.2 Å². The zero-order valence-electron chi connectivity index (χ0n) is 14.3. The average Bonchev–Trinajstić information content (AvgIpc) is 3.29. The summed E-state index contributed by atoms with van der Waals surface area (Å²) < 4.78 is 17.5. The number of furan rings is 1. The summed E-state index contributed by atoms with van der Waals surface area (Å²) in [5.41, 5.74) is 1.11. The third-order valence-corrected chi connectivity index (χ3v) is 4.59. The molecule has 136 valence electrons. The van der Waals surface area contributed by atoms with Gasteiger partial charge in [-0.1, -0.05) is 30.3 Å². The molecule has 0 radical (unpaired) electrons. The Kier molecular flexibility index (Phi) is 6.64. The molecule has 5 nitrogen and oxygen atoms in total. The minimum absolute atomic E-state index is 0.0711. The van der Waals surface area contributed by atoms with E-state index in [2.05, 4.69) is 0 Å². The first-order valence-corrected chi connectivity index (χ1v) is 8.87. The fourth-order valence-electron chi connectivity index (χ4n) is 3.25. The third-order valence-electron chi connectivity index (χ3n) is 4.59. The Labute approximate surface area is 148 Å². The Morgan fingerprint density at radius 2 is 2.00 bits per heavy atom. The largest absolute Gasteiger partial charge is 0.469 e. The molecule has 1 saturated heterocycles. The maximum absolute atomic E-state index is 9.79. The van der Waals surface area contributed by atoms with Crippen molar-refractivity contribution >= 4 is 0 Å². The van der Waals surface area contributed by atoms with Gasteiger partial charge in [0, 0.05) is 19.3 Å². The lowest BCUT2D eigenvalue weighted by Crippen LogP contribution is -2.30. The highest BCUT2D eigenvalue weighted by Gasteiger charge is 2.36. The molecule has 1 fully saturated rings. The Morgan fingerprint density at radius 3 is 2.72 bits per heavy atom. The molecule has 25 heavy (non-hydrogen) atoms. The minimum atomic E-state index is -0.781. The van der Waals surface area contributed by atoms with Crippen molar-refractivity contribution in [3.05, 3.63) is 60.1 Å². The second kappa shape index (κ2) is 9.15. The second-order valence-corrected chi connectivity index (χ2v) is 6.56. The fourth-order valence-corrected chi connectivity index (χ4v) is 3.25. The van der Waals surface area contributed by atoms with Crippen molar-refractivity contribution in [2.24, 2.45) is 0 Å². The summed E-state index contributed by atoms with van der Waals surface area (Å²) in [7, 11) is 0. The molecular weight excluding hydrogens is 320 g/mol. The number of hydrogen-bond donors (Lipinski definition) is 2. The molecule has 5 heteroatoms. The zero-order chi connectivity index (χ0) is 17.5. The van der Waals surface area contributed by atoms with Crippen LogP contribution in [0.25, 0.3) is 0 Å². The van der Waals surface area contributed by atoms with Gasteiger partial charge in [-0.15, -0.1) is 0 Å². The molecule has 3 rings (SSSR count). The number of aryl methyl sites for hydroxylation is 1. The van der Waals surface area contributed by atoms with Gasteiger partial charge < -0.3 is 24.1 Å². The predicted molar refractivity (Wildman–Crippen MR) is 93.0 cm³/mol. The van der Waals surface area contributed by atoms with E-state index in [0.29, 0.717) is 13.0 Å². The lowest BCUT2D eigenvalue weighted by molar-refractivity contribution is -0.0563. The van der Waals surface area contributed by atoms with E-state index in [1.165, 1.54) is 0 Å². The maximum atomic E-state index is 9.79. The minimum Gasteiger partial charge on any atom is -0.469 e. The first-order valence-electron chi connectivity index (χ1n) is 8.87. The van der Waals surface area contributed by atoms with Gasteiger partial charge in [-0.25, -0.2) is 0 Å². The molecule has 1 aliphatic heterocycles. The fraction of sp³-hybridized carbons (Fsp3) is 0.500. The van der Waals surface area contributed by atoms with Gasteiger partial charge in [-0.2, -0.15) is 0 Å². The normalized spacial score (nSPS) is 24.5. The van der Waals surface area contributed by atoms with Gasteiger partial charge in [0.15, 0.2) is 0 Å². The Hall–Kier alpha value is -1.66. The number of hydrogen-bond acceptors (Lipinski definition) is 5. The molecule has 2 heterocycles. The monoisotopic (exact) mass is 346 g/mol. The van der Waals surface area contributed by atoms with Gasteiger partial charge in [0.05, 0.1) is 43.9 Å². The van der Waals surface area contributed by atoms with Crippen molar-refractivity contribution < 1.29 is 24.1 Å². The van der Waals surface area contributed by atoms with Crippen LogP contribution in [0.1, 0.15) is 30.6 Å². The number of rotatable bonds is 9. The maximum Gasteiger partial charge on any atom is 0.103 e. The number of ether oxygens (including phenoxy) is 2. The molecule has 4 atom stereocenters. The van der Waals surface area contributed by atoms with E-state index >= 15 is 0 Å². The van der Waals surface area contributed by atoms with Crippen LogP contribution in [0, 0.1) is 0 Å². The summed E-state index contributed by atoms with van der Waals surface area (Å²) in [4.78, 5) is 0. The quantitative estimate of drug-likeness (QED) is 0.730. The van der Waals surface area contributed by atoms with E-state index in [1.807, 2.05) is 42.5 Å². The van der Waals surface area contributed by atoms with Crippen LogP contribution in [-0.2, 0) is 22.5 Å². The van der Waals surface area contributed by atoms with Gasteiger partial charge >= 0.3 is 0 Å². The Bertz CT molecular complexity index is 598. The predicted octanol–water partition coefficient (Wildman–Crippen LogP) is 2.70. The standard InChI is InChI=1S/C20H26O5/c21-13-16(22)11-20-19(24-14-15-5-2-1-3-6-15)12-18(25-20)9-8-17-7-4-10-23-17/h1-7,10,16,18-22H,8-9,11-14H2/t16-,18?,19-,20-/m1/s1. The molecule has 1 aromatic heterocycles. The van der Waals surface area contributed by atoms with E-state index in [1.54, 1.807) is 6.26 Å². The van der Waals surface area contributed by atoms with Gasteiger partial charge in [0.25, 0.3) is 0 Å². The molecule has 0 bridgehead atoms. The molecule has 1 aromatic carbocycles. The molecule has 1 aliphatic rings. The summed E-state index contributed by atoms with van der Waals surface area (Å²) in [5, 5.41) is 18.9. The molecule has 0 amide bonds. The van der Waals surface area contributed by atoms with Crippen molar-refractivity contribution in [2.45, 2.75) is 56.7 Å². The smallest absolute Gasteiger partial charge is 0.103 e. The highest BCUT2D eigenvalue weighted by molar-refractivity contribution is 5.13. The molecule has 2 aromatic rings. The van der Waals surface area contributed by atoms with Crippen molar-refractivity contribution in [2.75, 3.05) is 6.61 Å². The number of benzene rings is 1. The molecule has 2 N–H and O–H groups in total. The molecule has 0 spiro atoms. The summed E-state index contributed by atoms with van der Waals surface area (Å²) in [6.07, 6.45) is 3.53. The number of aliphatic hydroxyl groups is 2. The molecule has 1 unspecified atom stereocenters. The van der Waals surface area contributed by atoms with Crippen LogP contribution in [0.15, 0.2) is 53.1 Å². The highest BCUT2D eigenvalue weighted by Crippen LogP contribution is 2.30. The lowest BCUT2D eigenvalue weighted by atomic mass is 10.0. The average molecular weight is 346 g/mol. The first kappa shape index (κ1) is 18.1. The highest BCUT2D eigenvalue weighted by atomic mass is 16.6. The Balaban J connectivity index is 1.55. The van der Waals surface area contributed by atoms with Crippen LogP contribution in [0.2, 0.25) is 0 Å². The molecular formula is C20H26O5. The second-order valence-electron chi connectivity index (χ2n) is 6.56. The van der Waals surface area contributed by atoms with E-state index in [0.717, 1.165) is 30.6 Å². The summed E-state index contributed by atoms with van der Waals surface area (Å²) in [5.74, 6) is 0.948. The van der Waals surface area contributed by atoms with Gasteiger partial charge in [0.1, 0.15) is 5.76 Å². The van der Waals surface area contributed by atoms with Crippen molar-refractivity contribution in [1.82, 2.24) is 0 Å². The summed E-state index contributed by atoms with van der Waals surface area (Å²) >= 11 is 0. The van der Waals surface area contributed by atoms with Crippen LogP contribution in [0.5, 0.6) is 0 Å².